The summed E-state index contributed by atoms with van der Waals surface area (Å²) >= 11 is 0. The van der Waals surface area contributed by atoms with Crippen LogP contribution in [0.15, 0.2) is 53.4 Å². The van der Waals surface area contributed by atoms with Crippen molar-refractivity contribution >= 4 is 27.3 Å². The van der Waals surface area contributed by atoms with Crippen molar-refractivity contribution in [1.29, 1.82) is 0 Å². The van der Waals surface area contributed by atoms with Crippen LogP contribution in [0.3, 0.4) is 0 Å². The highest BCUT2D eigenvalue weighted by atomic mass is 32.2. The number of nitro groups is 1. The molecule has 0 aliphatic carbocycles. The molecule has 2 aromatic rings. The number of anilines is 1. The van der Waals surface area contributed by atoms with Crippen molar-refractivity contribution in [3.05, 3.63) is 64.2 Å². The molecule has 1 saturated heterocycles. The molecule has 0 bridgehead atoms. The van der Waals surface area contributed by atoms with Crippen LogP contribution in [0.4, 0.5) is 11.4 Å². The van der Waals surface area contributed by atoms with Crippen LogP contribution in [0.5, 0.6) is 0 Å². The van der Waals surface area contributed by atoms with Gasteiger partial charge in [0.25, 0.3) is 11.6 Å². The summed E-state index contributed by atoms with van der Waals surface area (Å²) in [5.41, 5.74) is 0.375. The van der Waals surface area contributed by atoms with Crippen LogP contribution in [0.2, 0.25) is 0 Å². The lowest BCUT2D eigenvalue weighted by molar-refractivity contribution is -0.384. The molecule has 8 nitrogen and oxygen atoms in total. The van der Waals surface area contributed by atoms with E-state index in [-0.39, 0.29) is 16.1 Å². The number of benzene rings is 2. The van der Waals surface area contributed by atoms with E-state index in [4.69, 9.17) is 0 Å². The third-order valence-electron chi connectivity index (χ3n) is 4.69. The Morgan fingerprint density at radius 2 is 1.93 bits per heavy atom. The number of nitro benzene ring substituents is 1. The van der Waals surface area contributed by atoms with E-state index < -0.39 is 20.9 Å². The van der Waals surface area contributed by atoms with Crippen molar-refractivity contribution in [1.82, 2.24) is 4.31 Å². The van der Waals surface area contributed by atoms with Gasteiger partial charge in [-0.3, -0.25) is 14.9 Å². The second-order valence-corrected chi connectivity index (χ2v) is 8.83. The van der Waals surface area contributed by atoms with E-state index in [1.54, 1.807) is 0 Å². The van der Waals surface area contributed by atoms with Gasteiger partial charge in [0.2, 0.25) is 10.0 Å². The highest BCUT2D eigenvalue weighted by Gasteiger charge is 2.28. The minimum Gasteiger partial charge on any atom is -0.322 e. The van der Waals surface area contributed by atoms with Crippen molar-refractivity contribution in [2.24, 2.45) is 5.92 Å². The van der Waals surface area contributed by atoms with Crippen LogP contribution in [-0.4, -0.2) is 36.6 Å². The van der Waals surface area contributed by atoms with Gasteiger partial charge >= 0.3 is 0 Å². The van der Waals surface area contributed by atoms with Crippen molar-refractivity contribution in [3.63, 3.8) is 0 Å². The lowest BCUT2D eigenvalue weighted by Crippen LogP contribution is -2.39. The Hall–Kier alpha value is -2.78. The summed E-state index contributed by atoms with van der Waals surface area (Å²) in [5, 5.41) is 13.4. The fraction of sp³-hybridized carbons (Fsp3) is 0.316. The molecule has 9 heteroatoms. The highest BCUT2D eigenvalue weighted by Crippen LogP contribution is 2.24. The molecule has 28 heavy (non-hydrogen) atoms. The largest absolute Gasteiger partial charge is 0.322 e. The van der Waals surface area contributed by atoms with Gasteiger partial charge in [0.05, 0.1) is 9.82 Å². The molecule has 1 aliphatic rings. The molecule has 148 valence electrons. The van der Waals surface area contributed by atoms with Crippen LogP contribution in [0.1, 0.15) is 30.1 Å². The quantitative estimate of drug-likeness (QED) is 0.609. The maximum Gasteiger partial charge on any atom is 0.270 e. The van der Waals surface area contributed by atoms with Gasteiger partial charge in [0.15, 0.2) is 0 Å². The normalized spacial score (nSPS) is 17.8. The Bertz CT molecular complexity index is 989. The van der Waals surface area contributed by atoms with Crippen LogP contribution >= 0.6 is 0 Å². The topological polar surface area (TPSA) is 110 Å². The molecule has 1 N–H and O–H groups in total. The first-order chi connectivity index (χ1) is 13.3. The van der Waals surface area contributed by atoms with Gasteiger partial charge in [-0.1, -0.05) is 13.0 Å². The summed E-state index contributed by atoms with van der Waals surface area (Å²) in [6.45, 7) is 3.06. The predicted octanol–water partition coefficient (Wildman–Crippen LogP) is 3.27. The number of rotatable bonds is 5. The molecule has 1 amide bonds. The molecule has 1 fully saturated rings. The monoisotopic (exact) mass is 403 g/mol. The van der Waals surface area contributed by atoms with Gasteiger partial charge in [-0.25, -0.2) is 8.42 Å². The minimum absolute atomic E-state index is 0.146. The summed E-state index contributed by atoms with van der Waals surface area (Å²) in [4.78, 5) is 22.7. The van der Waals surface area contributed by atoms with Crippen LogP contribution in [0, 0.1) is 16.0 Å². The number of sulfonamides is 1. The Morgan fingerprint density at radius 3 is 2.57 bits per heavy atom. The third-order valence-corrected chi connectivity index (χ3v) is 6.57. The lowest BCUT2D eigenvalue weighted by atomic mass is 10.0. The second kappa shape index (κ2) is 8.07. The molecule has 0 unspecified atom stereocenters. The van der Waals surface area contributed by atoms with Gasteiger partial charge in [-0.05, 0) is 49.1 Å². The lowest BCUT2D eigenvalue weighted by Gasteiger charge is -2.30. The first kappa shape index (κ1) is 20.0. The van der Waals surface area contributed by atoms with E-state index in [9.17, 15) is 23.3 Å². The average molecular weight is 403 g/mol. The molecule has 1 heterocycles. The Morgan fingerprint density at radius 1 is 1.21 bits per heavy atom. The summed E-state index contributed by atoms with van der Waals surface area (Å²) in [6.07, 6.45) is 1.87. The molecular weight excluding hydrogens is 382 g/mol. The van der Waals surface area contributed by atoms with E-state index >= 15 is 0 Å². The third kappa shape index (κ3) is 4.37. The second-order valence-electron chi connectivity index (χ2n) is 6.90. The van der Waals surface area contributed by atoms with Crippen LogP contribution in [-0.2, 0) is 10.0 Å². The van der Waals surface area contributed by atoms with Gasteiger partial charge in [0.1, 0.15) is 0 Å². The van der Waals surface area contributed by atoms with E-state index in [1.165, 1.54) is 52.8 Å². The molecular formula is C19H21N3O5S. The Labute approximate surface area is 163 Å². The number of nitrogens with zero attached hydrogens (tertiary/aromatic N) is 2. The average Bonchev–Trinajstić information content (AvgIpc) is 2.68. The zero-order valence-corrected chi connectivity index (χ0v) is 16.2. The summed E-state index contributed by atoms with van der Waals surface area (Å²) in [5.74, 6) is -0.179. The minimum atomic E-state index is -3.56. The van der Waals surface area contributed by atoms with E-state index in [1.807, 2.05) is 6.92 Å². The van der Waals surface area contributed by atoms with E-state index in [0.717, 1.165) is 12.8 Å². The van der Waals surface area contributed by atoms with Crippen molar-refractivity contribution in [2.45, 2.75) is 24.7 Å². The Balaban J connectivity index is 1.73. The maximum absolute atomic E-state index is 12.8. The van der Waals surface area contributed by atoms with Gasteiger partial charge in [-0.2, -0.15) is 4.31 Å². The van der Waals surface area contributed by atoms with Gasteiger partial charge in [-0.15, -0.1) is 0 Å². The molecule has 0 aromatic heterocycles. The zero-order chi connectivity index (χ0) is 20.3. The van der Waals surface area contributed by atoms with Crippen LogP contribution in [0.25, 0.3) is 0 Å². The number of hydrogen-bond donors (Lipinski definition) is 1. The van der Waals surface area contributed by atoms with Gasteiger partial charge in [0, 0.05) is 36.5 Å². The number of carbonyl (C=O) groups is 1. The number of carbonyl (C=O) groups excluding carboxylic acids is 1. The van der Waals surface area contributed by atoms with Gasteiger partial charge < -0.3 is 5.32 Å². The Kier molecular flexibility index (Phi) is 5.76. The highest BCUT2D eigenvalue weighted by molar-refractivity contribution is 7.89. The van der Waals surface area contributed by atoms with E-state index in [0.29, 0.717) is 24.7 Å². The summed E-state index contributed by atoms with van der Waals surface area (Å²) < 4.78 is 27.0. The summed E-state index contributed by atoms with van der Waals surface area (Å²) in [6, 6.07) is 11.3. The predicted molar refractivity (Wildman–Crippen MR) is 105 cm³/mol. The summed E-state index contributed by atoms with van der Waals surface area (Å²) in [7, 11) is -3.56. The van der Waals surface area contributed by atoms with Crippen LogP contribution < -0.4 is 5.32 Å². The number of hydrogen-bond acceptors (Lipinski definition) is 5. The number of non-ortho nitro benzene ring substituents is 1. The SMILES string of the molecule is C[C@H]1CCCN(S(=O)(=O)c2ccc(NC(=O)c3cccc([N+](=O)[O-])c3)cc2)C1. The fourth-order valence-corrected chi connectivity index (χ4v) is 4.79. The molecule has 3 rings (SSSR count). The zero-order valence-electron chi connectivity index (χ0n) is 15.4. The maximum atomic E-state index is 12.8. The van der Waals surface area contributed by atoms with E-state index in [2.05, 4.69) is 5.32 Å². The molecule has 1 atom stereocenters. The van der Waals surface area contributed by atoms with Crippen molar-refractivity contribution in [3.8, 4) is 0 Å². The first-order valence-corrected chi connectivity index (χ1v) is 10.4. The molecule has 0 radical (unpaired) electrons. The smallest absolute Gasteiger partial charge is 0.270 e. The first-order valence-electron chi connectivity index (χ1n) is 8.93. The molecule has 1 aliphatic heterocycles. The molecule has 0 saturated carbocycles. The number of piperidine rings is 1. The standard InChI is InChI=1S/C19H21N3O5S/c1-14-4-3-11-21(13-14)28(26,27)18-9-7-16(8-10-18)20-19(23)15-5-2-6-17(12-15)22(24)25/h2,5-10,12,14H,3-4,11,13H2,1H3,(H,20,23)/t14-/m0/s1. The fourth-order valence-electron chi connectivity index (χ4n) is 3.19. The molecule has 0 spiro atoms. The van der Waals surface area contributed by atoms with Crippen molar-refractivity contribution < 1.29 is 18.1 Å². The van der Waals surface area contributed by atoms with Crippen molar-refractivity contribution in [2.75, 3.05) is 18.4 Å². The number of amides is 1. The molecule has 2 aromatic carbocycles. The number of nitrogens with one attached hydrogen (secondary N) is 1.